The standard InChI is InChI=1S/C18H31NO3/c1-14(2)12-22-13-17(20)11-19(15(3)4)10-16-7-6-8-18(9-16)21-5/h6-9,14-15,17,20H,10-13H2,1-5H3. The molecule has 0 saturated heterocycles. The summed E-state index contributed by atoms with van der Waals surface area (Å²) in [5.41, 5.74) is 1.18. The average Bonchev–Trinajstić information content (AvgIpc) is 2.46. The second kappa shape index (κ2) is 9.82. The number of methoxy groups -OCH3 is 1. The monoisotopic (exact) mass is 309 g/mol. The Morgan fingerprint density at radius 3 is 2.45 bits per heavy atom. The molecule has 0 aliphatic heterocycles. The number of ether oxygens (including phenoxy) is 2. The highest BCUT2D eigenvalue weighted by molar-refractivity contribution is 5.28. The number of nitrogens with zero attached hydrogens (tertiary/aromatic N) is 1. The van der Waals surface area contributed by atoms with Crippen LogP contribution in [0.3, 0.4) is 0 Å². The van der Waals surface area contributed by atoms with Gasteiger partial charge in [0.1, 0.15) is 5.75 Å². The van der Waals surface area contributed by atoms with E-state index < -0.39 is 6.10 Å². The second-order valence-corrected chi connectivity index (χ2v) is 6.46. The fraction of sp³-hybridized carbons (Fsp3) is 0.667. The van der Waals surface area contributed by atoms with Crippen molar-refractivity contribution in [3.8, 4) is 5.75 Å². The van der Waals surface area contributed by atoms with Gasteiger partial charge in [0.2, 0.25) is 0 Å². The van der Waals surface area contributed by atoms with Crippen LogP contribution in [-0.2, 0) is 11.3 Å². The number of rotatable bonds is 10. The maximum atomic E-state index is 10.2. The predicted molar refractivity (Wildman–Crippen MR) is 90.2 cm³/mol. The van der Waals surface area contributed by atoms with Crippen molar-refractivity contribution in [3.63, 3.8) is 0 Å². The zero-order valence-electron chi connectivity index (χ0n) is 14.6. The van der Waals surface area contributed by atoms with Crippen LogP contribution < -0.4 is 4.74 Å². The highest BCUT2D eigenvalue weighted by atomic mass is 16.5. The quantitative estimate of drug-likeness (QED) is 0.721. The zero-order chi connectivity index (χ0) is 16.5. The molecule has 126 valence electrons. The molecule has 0 aliphatic carbocycles. The Morgan fingerprint density at radius 1 is 1.14 bits per heavy atom. The molecule has 0 saturated carbocycles. The molecule has 0 fully saturated rings. The Balaban J connectivity index is 2.54. The summed E-state index contributed by atoms with van der Waals surface area (Å²) in [6.07, 6.45) is -0.466. The number of hydrogen-bond donors (Lipinski definition) is 1. The van der Waals surface area contributed by atoms with E-state index in [0.29, 0.717) is 31.7 Å². The first-order chi connectivity index (χ1) is 10.4. The molecule has 4 nitrogen and oxygen atoms in total. The Labute approximate surface area is 135 Å². The summed E-state index contributed by atoms with van der Waals surface area (Å²) in [7, 11) is 1.68. The van der Waals surface area contributed by atoms with Gasteiger partial charge in [-0.05, 0) is 37.5 Å². The third-order valence-electron chi connectivity index (χ3n) is 3.46. The lowest BCUT2D eigenvalue weighted by atomic mass is 10.1. The lowest BCUT2D eigenvalue weighted by molar-refractivity contribution is 0.00173. The summed E-state index contributed by atoms with van der Waals surface area (Å²) in [4.78, 5) is 2.25. The molecule has 0 spiro atoms. The molecule has 0 radical (unpaired) electrons. The number of aliphatic hydroxyl groups is 1. The van der Waals surface area contributed by atoms with Gasteiger partial charge in [0.25, 0.3) is 0 Å². The number of hydrogen-bond acceptors (Lipinski definition) is 4. The van der Waals surface area contributed by atoms with Crippen molar-refractivity contribution in [2.45, 2.75) is 46.4 Å². The van der Waals surface area contributed by atoms with E-state index in [2.05, 4.69) is 38.7 Å². The summed E-state index contributed by atoms with van der Waals surface area (Å²) in [5.74, 6) is 1.35. The van der Waals surface area contributed by atoms with Gasteiger partial charge in [0.15, 0.2) is 0 Å². The SMILES string of the molecule is COc1cccc(CN(CC(O)COCC(C)C)C(C)C)c1. The van der Waals surface area contributed by atoms with Crippen LogP contribution in [0.2, 0.25) is 0 Å². The smallest absolute Gasteiger partial charge is 0.119 e. The molecule has 4 heteroatoms. The van der Waals surface area contributed by atoms with Gasteiger partial charge in [-0.2, -0.15) is 0 Å². The van der Waals surface area contributed by atoms with Gasteiger partial charge in [0.05, 0.1) is 19.8 Å². The van der Waals surface area contributed by atoms with Crippen LogP contribution in [0, 0.1) is 5.92 Å². The summed E-state index contributed by atoms with van der Waals surface area (Å²) in [6.45, 7) is 11.0. The van der Waals surface area contributed by atoms with Gasteiger partial charge < -0.3 is 14.6 Å². The first-order valence-corrected chi connectivity index (χ1v) is 8.05. The molecule has 1 unspecified atom stereocenters. The van der Waals surface area contributed by atoms with E-state index >= 15 is 0 Å². The molecule has 1 N–H and O–H groups in total. The average molecular weight is 309 g/mol. The fourth-order valence-corrected chi connectivity index (χ4v) is 2.23. The fourth-order valence-electron chi connectivity index (χ4n) is 2.23. The second-order valence-electron chi connectivity index (χ2n) is 6.46. The van der Waals surface area contributed by atoms with E-state index in [0.717, 1.165) is 12.3 Å². The van der Waals surface area contributed by atoms with Crippen molar-refractivity contribution >= 4 is 0 Å². The van der Waals surface area contributed by atoms with Crippen LogP contribution >= 0.6 is 0 Å². The minimum Gasteiger partial charge on any atom is -0.497 e. The van der Waals surface area contributed by atoms with Crippen molar-refractivity contribution in [2.24, 2.45) is 5.92 Å². The molecule has 1 rings (SSSR count). The topological polar surface area (TPSA) is 41.9 Å². The largest absolute Gasteiger partial charge is 0.497 e. The molecule has 0 amide bonds. The van der Waals surface area contributed by atoms with Crippen molar-refractivity contribution in [3.05, 3.63) is 29.8 Å². The first kappa shape index (κ1) is 18.9. The van der Waals surface area contributed by atoms with Gasteiger partial charge >= 0.3 is 0 Å². The van der Waals surface area contributed by atoms with E-state index in [1.165, 1.54) is 5.56 Å². The van der Waals surface area contributed by atoms with E-state index in [4.69, 9.17) is 9.47 Å². The van der Waals surface area contributed by atoms with Crippen LogP contribution in [0.1, 0.15) is 33.3 Å². The normalized spacial score (nSPS) is 13.1. The van der Waals surface area contributed by atoms with E-state index in [-0.39, 0.29) is 0 Å². The number of benzene rings is 1. The molecule has 0 aliphatic rings. The van der Waals surface area contributed by atoms with Crippen LogP contribution in [0.15, 0.2) is 24.3 Å². The lowest BCUT2D eigenvalue weighted by Crippen LogP contribution is -2.39. The zero-order valence-corrected chi connectivity index (χ0v) is 14.6. The molecular formula is C18H31NO3. The molecule has 0 aromatic heterocycles. The molecule has 0 bridgehead atoms. The van der Waals surface area contributed by atoms with Crippen LogP contribution in [-0.4, -0.2) is 49.0 Å². The summed E-state index contributed by atoms with van der Waals surface area (Å²) >= 11 is 0. The Kier molecular flexibility index (Phi) is 8.46. The van der Waals surface area contributed by atoms with Gasteiger partial charge in [-0.15, -0.1) is 0 Å². The molecule has 1 aromatic rings. The molecule has 0 heterocycles. The third-order valence-corrected chi connectivity index (χ3v) is 3.46. The van der Waals surface area contributed by atoms with Crippen LogP contribution in [0.4, 0.5) is 0 Å². The van der Waals surface area contributed by atoms with Gasteiger partial charge in [0, 0.05) is 25.7 Å². The van der Waals surface area contributed by atoms with Crippen molar-refractivity contribution in [1.29, 1.82) is 0 Å². The van der Waals surface area contributed by atoms with Crippen molar-refractivity contribution < 1.29 is 14.6 Å². The Hall–Kier alpha value is -1.10. The van der Waals surface area contributed by atoms with E-state index in [1.54, 1.807) is 7.11 Å². The summed E-state index contributed by atoms with van der Waals surface area (Å²) in [5, 5.41) is 10.2. The highest BCUT2D eigenvalue weighted by Gasteiger charge is 2.16. The van der Waals surface area contributed by atoms with E-state index in [9.17, 15) is 5.11 Å². The first-order valence-electron chi connectivity index (χ1n) is 8.05. The molecule has 22 heavy (non-hydrogen) atoms. The molecule has 1 aromatic carbocycles. The van der Waals surface area contributed by atoms with Crippen LogP contribution in [0.25, 0.3) is 0 Å². The predicted octanol–water partition coefficient (Wildman–Crippen LogP) is 2.94. The van der Waals surface area contributed by atoms with Gasteiger partial charge in [-0.25, -0.2) is 0 Å². The maximum absolute atomic E-state index is 10.2. The van der Waals surface area contributed by atoms with Crippen molar-refractivity contribution in [2.75, 3.05) is 26.9 Å². The minimum atomic E-state index is -0.466. The van der Waals surface area contributed by atoms with Crippen molar-refractivity contribution in [1.82, 2.24) is 4.90 Å². The lowest BCUT2D eigenvalue weighted by Gasteiger charge is -2.29. The summed E-state index contributed by atoms with van der Waals surface area (Å²) in [6, 6.07) is 8.41. The Morgan fingerprint density at radius 2 is 1.86 bits per heavy atom. The molecule has 1 atom stereocenters. The maximum Gasteiger partial charge on any atom is 0.119 e. The minimum absolute atomic E-state index is 0.353. The van der Waals surface area contributed by atoms with Gasteiger partial charge in [-0.3, -0.25) is 4.90 Å². The summed E-state index contributed by atoms with van der Waals surface area (Å²) < 4.78 is 10.8. The Bertz CT molecular complexity index is 421. The highest BCUT2D eigenvalue weighted by Crippen LogP contribution is 2.16. The van der Waals surface area contributed by atoms with E-state index in [1.807, 2.05) is 18.2 Å². The number of aliphatic hydroxyl groups excluding tert-OH is 1. The van der Waals surface area contributed by atoms with Crippen LogP contribution in [0.5, 0.6) is 5.75 Å². The van der Waals surface area contributed by atoms with Gasteiger partial charge in [-0.1, -0.05) is 26.0 Å². The third kappa shape index (κ3) is 7.25. The molecular weight excluding hydrogens is 278 g/mol.